The predicted molar refractivity (Wildman–Crippen MR) is 85.8 cm³/mol. The summed E-state index contributed by atoms with van der Waals surface area (Å²) in [6.07, 6.45) is -15.9. The summed E-state index contributed by atoms with van der Waals surface area (Å²) < 4.78 is 107. The van der Waals surface area contributed by atoms with Gasteiger partial charge in [0.2, 0.25) is 0 Å². The normalized spacial score (nSPS) is 12.8. The number of anilines is 1. The van der Waals surface area contributed by atoms with E-state index in [4.69, 9.17) is 0 Å². The molecule has 0 radical (unpaired) electrons. The van der Waals surface area contributed by atoms with E-state index in [2.05, 4.69) is 4.74 Å². The van der Waals surface area contributed by atoms with E-state index in [0.29, 0.717) is 6.07 Å². The van der Waals surface area contributed by atoms with Crippen molar-refractivity contribution in [2.75, 3.05) is 5.32 Å². The Morgan fingerprint density at radius 3 is 2.03 bits per heavy atom. The SMILES string of the molecule is O=C(NC(=O)c1c(F)cccc1F)Nc1ccccc1OC(F)(F)C(F)C(F)(F)F. The molecule has 30 heavy (non-hydrogen) atoms. The topological polar surface area (TPSA) is 67.4 Å². The van der Waals surface area contributed by atoms with Gasteiger partial charge in [-0.25, -0.2) is 18.0 Å². The Kier molecular flexibility index (Phi) is 6.53. The first-order valence-electron chi connectivity index (χ1n) is 7.76. The van der Waals surface area contributed by atoms with Gasteiger partial charge in [-0.05, 0) is 24.3 Å². The molecule has 13 heteroatoms. The Morgan fingerprint density at radius 1 is 0.900 bits per heavy atom. The van der Waals surface area contributed by atoms with E-state index >= 15 is 0 Å². The molecule has 0 heterocycles. The first-order valence-corrected chi connectivity index (χ1v) is 7.76. The molecule has 162 valence electrons. The summed E-state index contributed by atoms with van der Waals surface area (Å²) >= 11 is 0. The van der Waals surface area contributed by atoms with Crippen molar-refractivity contribution in [3.63, 3.8) is 0 Å². The number of nitrogens with one attached hydrogen (secondary N) is 2. The summed E-state index contributed by atoms with van der Waals surface area (Å²) in [5.41, 5.74) is -1.81. The van der Waals surface area contributed by atoms with E-state index < -0.39 is 59.0 Å². The van der Waals surface area contributed by atoms with Gasteiger partial charge in [0.15, 0.2) is 0 Å². The van der Waals surface area contributed by atoms with Crippen molar-refractivity contribution in [3.05, 3.63) is 59.7 Å². The number of imide groups is 1. The molecule has 2 N–H and O–H groups in total. The van der Waals surface area contributed by atoms with Crippen LogP contribution in [0.15, 0.2) is 42.5 Å². The molecular weight excluding hydrogens is 432 g/mol. The molecule has 0 spiro atoms. The molecule has 0 aromatic heterocycles. The Morgan fingerprint density at radius 2 is 1.47 bits per heavy atom. The van der Waals surface area contributed by atoms with Crippen LogP contribution in [0.5, 0.6) is 5.75 Å². The summed E-state index contributed by atoms with van der Waals surface area (Å²) in [4.78, 5) is 23.7. The Balaban J connectivity index is 2.16. The quantitative estimate of drug-likeness (QED) is 0.654. The molecule has 5 nitrogen and oxygen atoms in total. The molecule has 2 aromatic rings. The number of rotatable bonds is 5. The summed E-state index contributed by atoms with van der Waals surface area (Å²) in [6.45, 7) is 0. The van der Waals surface area contributed by atoms with Crippen LogP contribution < -0.4 is 15.4 Å². The summed E-state index contributed by atoms with van der Waals surface area (Å²) in [6, 6.07) is 4.64. The fourth-order valence-electron chi connectivity index (χ4n) is 2.08. The number of amides is 3. The van der Waals surface area contributed by atoms with Gasteiger partial charge in [-0.2, -0.15) is 22.0 Å². The van der Waals surface area contributed by atoms with Crippen LogP contribution in [0.3, 0.4) is 0 Å². The van der Waals surface area contributed by atoms with Gasteiger partial charge in [0.05, 0.1) is 5.69 Å². The number of urea groups is 1. The third-order valence-corrected chi connectivity index (χ3v) is 3.38. The van der Waals surface area contributed by atoms with Gasteiger partial charge >= 0.3 is 18.3 Å². The molecule has 0 aliphatic carbocycles. The number of hydrogen-bond donors (Lipinski definition) is 2. The average Bonchev–Trinajstić information content (AvgIpc) is 2.61. The highest BCUT2D eigenvalue weighted by molar-refractivity contribution is 6.08. The Bertz CT molecular complexity index is 929. The molecule has 0 saturated carbocycles. The molecule has 0 bridgehead atoms. The number of para-hydroxylation sites is 2. The molecule has 0 aliphatic rings. The number of halogens is 8. The van der Waals surface area contributed by atoms with Gasteiger partial charge in [0.25, 0.3) is 12.1 Å². The van der Waals surface area contributed by atoms with Crippen molar-refractivity contribution in [1.82, 2.24) is 5.32 Å². The second-order valence-electron chi connectivity index (χ2n) is 5.57. The highest BCUT2D eigenvalue weighted by Gasteiger charge is 2.59. The minimum absolute atomic E-state index is 0.685. The van der Waals surface area contributed by atoms with E-state index in [0.717, 1.165) is 36.4 Å². The number of ether oxygens (including phenoxy) is 1. The van der Waals surface area contributed by atoms with Crippen LogP contribution in [-0.4, -0.2) is 30.4 Å². The molecule has 0 saturated heterocycles. The van der Waals surface area contributed by atoms with E-state index in [1.807, 2.05) is 0 Å². The molecule has 2 rings (SSSR count). The van der Waals surface area contributed by atoms with Crippen LogP contribution in [0.2, 0.25) is 0 Å². The maximum Gasteiger partial charge on any atom is 0.439 e. The standard InChI is InChI=1S/C17H10F8N2O3/c18-8-4-3-5-9(19)12(8)13(28)27-15(29)26-10-6-1-2-7-11(10)30-17(24,25)14(20)16(21,22)23/h1-7,14H,(H2,26,27,28,29). The summed E-state index contributed by atoms with van der Waals surface area (Å²) in [5, 5.41) is 3.27. The molecule has 1 unspecified atom stereocenters. The van der Waals surface area contributed by atoms with Crippen molar-refractivity contribution >= 4 is 17.6 Å². The zero-order valence-electron chi connectivity index (χ0n) is 14.4. The van der Waals surface area contributed by atoms with Crippen LogP contribution in [0.4, 0.5) is 45.6 Å². The van der Waals surface area contributed by atoms with Crippen LogP contribution in [0.25, 0.3) is 0 Å². The number of benzene rings is 2. The third-order valence-electron chi connectivity index (χ3n) is 3.38. The van der Waals surface area contributed by atoms with Gasteiger partial charge in [-0.3, -0.25) is 10.1 Å². The lowest BCUT2D eigenvalue weighted by atomic mass is 10.2. The molecular formula is C17H10F8N2O3. The number of carbonyl (C=O) groups excluding carboxylic acids is 2. The third kappa shape index (κ3) is 5.36. The fourth-order valence-corrected chi connectivity index (χ4v) is 2.08. The average molecular weight is 442 g/mol. The van der Waals surface area contributed by atoms with Gasteiger partial charge in [0.1, 0.15) is 22.9 Å². The highest BCUT2D eigenvalue weighted by atomic mass is 19.4. The van der Waals surface area contributed by atoms with Crippen molar-refractivity contribution < 1.29 is 49.4 Å². The van der Waals surface area contributed by atoms with Gasteiger partial charge in [-0.1, -0.05) is 18.2 Å². The lowest BCUT2D eigenvalue weighted by molar-refractivity contribution is -0.304. The Hall–Kier alpha value is -3.38. The lowest BCUT2D eigenvalue weighted by Gasteiger charge is -2.24. The minimum atomic E-state index is -5.93. The van der Waals surface area contributed by atoms with Gasteiger partial charge in [0, 0.05) is 0 Å². The van der Waals surface area contributed by atoms with Crippen molar-refractivity contribution in [1.29, 1.82) is 0 Å². The van der Waals surface area contributed by atoms with Crippen LogP contribution in [0, 0.1) is 11.6 Å². The van der Waals surface area contributed by atoms with Crippen molar-refractivity contribution in [2.24, 2.45) is 0 Å². The first kappa shape index (κ1) is 22.9. The number of carbonyl (C=O) groups is 2. The molecule has 0 aliphatic heterocycles. The molecule has 1 atom stereocenters. The predicted octanol–water partition coefficient (Wildman–Crippen LogP) is 4.80. The summed E-state index contributed by atoms with van der Waals surface area (Å²) in [7, 11) is 0. The van der Waals surface area contributed by atoms with E-state index in [1.165, 1.54) is 5.32 Å². The van der Waals surface area contributed by atoms with Crippen LogP contribution in [0.1, 0.15) is 10.4 Å². The maximum atomic E-state index is 13.5. The second kappa shape index (κ2) is 8.55. The van der Waals surface area contributed by atoms with Crippen LogP contribution in [-0.2, 0) is 0 Å². The van der Waals surface area contributed by atoms with Crippen molar-refractivity contribution in [3.8, 4) is 5.75 Å². The minimum Gasteiger partial charge on any atom is -0.428 e. The summed E-state index contributed by atoms with van der Waals surface area (Å²) in [5.74, 6) is -5.21. The second-order valence-corrected chi connectivity index (χ2v) is 5.57. The van der Waals surface area contributed by atoms with Crippen molar-refractivity contribution in [2.45, 2.75) is 18.5 Å². The smallest absolute Gasteiger partial charge is 0.428 e. The Labute approximate surface area is 162 Å². The van der Waals surface area contributed by atoms with E-state index in [-0.39, 0.29) is 0 Å². The van der Waals surface area contributed by atoms with Gasteiger partial charge < -0.3 is 10.1 Å². The zero-order valence-corrected chi connectivity index (χ0v) is 14.4. The number of hydrogen-bond acceptors (Lipinski definition) is 3. The number of alkyl halides is 6. The van der Waals surface area contributed by atoms with E-state index in [9.17, 15) is 44.7 Å². The zero-order chi connectivity index (χ0) is 22.7. The monoisotopic (exact) mass is 442 g/mol. The lowest BCUT2D eigenvalue weighted by Crippen LogP contribution is -2.45. The maximum absolute atomic E-state index is 13.5. The largest absolute Gasteiger partial charge is 0.439 e. The molecule has 2 aromatic carbocycles. The molecule has 0 fully saturated rings. The highest BCUT2D eigenvalue weighted by Crippen LogP contribution is 2.38. The van der Waals surface area contributed by atoms with Crippen LogP contribution >= 0.6 is 0 Å². The molecule has 3 amide bonds. The fraction of sp³-hybridized carbons (Fsp3) is 0.176. The van der Waals surface area contributed by atoms with E-state index in [1.54, 1.807) is 5.32 Å². The first-order chi connectivity index (χ1) is 13.8. The van der Waals surface area contributed by atoms with Gasteiger partial charge in [-0.15, -0.1) is 0 Å².